The normalized spacial score (nSPS) is 30.3. The van der Waals surface area contributed by atoms with Crippen molar-refractivity contribution in [3.8, 4) is 0 Å². The Morgan fingerprint density at radius 3 is 2.27 bits per heavy atom. The molecule has 1 aromatic carbocycles. The highest BCUT2D eigenvalue weighted by atomic mass is 79.9. The molecule has 0 saturated heterocycles. The number of ketones is 1. The summed E-state index contributed by atoms with van der Waals surface area (Å²) in [6.07, 6.45) is 8.08. The molecule has 0 aliphatic heterocycles. The summed E-state index contributed by atoms with van der Waals surface area (Å²) in [6.45, 7) is 12.7. The number of aliphatic hydroxyl groups excluding tert-OH is 1. The Morgan fingerprint density at radius 1 is 1.12 bits per heavy atom. The maximum atomic E-state index is 13.9. The summed E-state index contributed by atoms with van der Waals surface area (Å²) in [7, 11) is 1.63. The smallest absolute Gasteiger partial charge is 0.168 e. The molecule has 4 atom stereocenters. The first-order chi connectivity index (χ1) is 15.4. The fourth-order valence-electron chi connectivity index (χ4n) is 6.15. The molecule has 0 amide bonds. The Kier molecular flexibility index (Phi) is 7.51. The molecule has 3 rings (SSSR count). The van der Waals surface area contributed by atoms with Crippen LogP contribution in [0, 0.1) is 22.2 Å². The number of hydrogen-bond donors (Lipinski definition) is 1. The van der Waals surface area contributed by atoms with Crippen LogP contribution in [0.4, 0.5) is 0 Å². The van der Waals surface area contributed by atoms with Crippen molar-refractivity contribution in [3.63, 3.8) is 0 Å². The minimum absolute atomic E-state index is 0.0114. The summed E-state index contributed by atoms with van der Waals surface area (Å²) < 4.78 is 6.89. The third-order valence-electron chi connectivity index (χ3n) is 8.26. The molecule has 0 spiro atoms. The van der Waals surface area contributed by atoms with Gasteiger partial charge in [-0.2, -0.15) is 0 Å². The van der Waals surface area contributed by atoms with Gasteiger partial charge in [-0.05, 0) is 82.4 Å². The largest absolute Gasteiger partial charge is 0.500 e. The van der Waals surface area contributed by atoms with E-state index < -0.39 is 16.9 Å². The summed E-state index contributed by atoms with van der Waals surface area (Å²) >= 11 is 3.53. The van der Waals surface area contributed by atoms with Gasteiger partial charge in [-0.1, -0.05) is 65.2 Å². The number of carbonyl (C=O) groups is 1. The van der Waals surface area contributed by atoms with Gasteiger partial charge in [-0.15, -0.1) is 0 Å². The van der Waals surface area contributed by atoms with Crippen LogP contribution >= 0.6 is 15.9 Å². The van der Waals surface area contributed by atoms with Gasteiger partial charge in [0.05, 0.1) is 24.0 Å². The lowest BCUT2D eigenvalue weighted by Gasteiger charge is -2.64. The zero-order valence-electron chi connectivity index (χ0n) is 21.2. The highest BCUT2D eigenvalue weighted by Crippen LogP contribution is 2.67. The molecule has 33 heavy (non-hydrogen) atoms. The zero-order chi connectivity index (χ0) is 24.6. The van der Waals surface area contributed by atoms with E-state index in [1.165, 1.54) is 5.57 Å². The zero-order valence-corrected chi connectivity index (χ0v) is 22.8. The van der Waals surface area contributed by atoms with Crippen molar-refractivity contribution in [1.29, 1.82) is 0 Å². The van der Waals surface area contributed by atoms with E-state index in [9.17, 15) is 9.90 Å². The van der Waals surface area contributed by atoms with Crippen molar-refractivity contribution in [1.82, 2.24) is 0 Å². The van der Waals surface area contributed by atoms with Crippen molar-refractivity contribution in [3.05, 3.63) is 69.4 Å². The third-order valence-corrected chi connectivity index (χ3v) is 8.79. The summed E-state index contributed by atoms with van der Waals surface area (Å²) in [5.74, 6) is 0.829. The molecular formula is C29H39BrO3. The molecule has 2 aliphatic rings. The van der Waals surface area contributed by atoms with Gasteiger partial charge in [0, 0.05) is 10.5 Å². The number of carbonyl (C=O) groups excluding carboxylic acids is 1. The van der Waals surface area contributed by atoms with Crippen LogP contribution in [-0.2, 0) is 16.0 Å². The Hall–Kier alpha value is -1.65. The number of allylic oxidation sites excluding steroid dienone is 5. The molecular weight excluding hydrogens is 476 g/mol. The fraction of sp³-hybridized carbons (Fsp3) is 0.552. The predicted molar refractivity (Wildman–Crippen MR) is 139 cm³/mol. The highest BCUT2D eigenvalue weighted by molar-refractivity contribution is 9.10. The highest BCUT2D eigenvalue weighted by Gasteiger charge is 2.69. The van der Waals surface area contributed by atoms with Crippen LogP contribution in [0.5, 0.6) is 0 Å². The Bertz CT molecular complexity index is 977. The first kappa shape index (κ1) is 26.0. The molecule has 180 valence electrons. The first-order valence-electron chi connectivity index (χ1n) is 11.9. The number of rotatable bonds is 7. The van der Waals surface area contributed by atoms with Crippen LogP contribution in [0.3, 0.4) is 0 Å². The first-order valence-corrected chi connectivity index (χ1v) is 12.7. The number of ether oxygens (including phenoxy) is 1. The van der Waals surface area contributed by atoms with E-state index in [0.29, 0.717) is 18.6 Å². The van der Waals surface area contributed by atoms with Gasteiger partial charge in [0.25, 0.3) is 0 Å². The van der Waals surface area contributed by atoms with Gasteiger partial charge in [0.15, 0.2) is 5.78 Å². The molecule has 1 N–H and O–H groups in total. The lowest BCUT2D eigenvalue weighted by molar-refractivity contribution is -0.201. The molecule has 1 aromatic rings. The van der Waals surface area contributed by atoms with Crippen LogP contribution in [-0.4, -0.2) is 24.1 Å². The van der Waals surface area contributed by atoms with Crippen molar-refractivity contribution in [2.75, 3.05) is 7.11 Å². The lowest BCUT2D eigenvalue weighted by Crippen LogP contribution is -2.68. The van der Waals surface area contributed by atoms with Crippen LogP contribution in [0.1, 0.15) is 66.4 Å². The van der Waals surface area contributed by atoms with Gasteiger partial charge < -0.3 is 9.84 Å². The minimum atomic E-state index is -0.903. The molecule has 0 heterocycles. The lowest BCUT2D eigenvalue weighted by atomic mass is 9.40. The van der Waals surface area contributed by atoms with Gasteiger partial charge in [0.1, 0.15) is 5.76 Å². The van der Waals surface area contributed by atoms with Crippen molar-refractivity contribution < 1.29 is 14.6 Å². The fourth-order valence-corrected chi connectivity index (χ4v) is 6.42. The maximum absolute atomic E-state index is 13.9. The second-order valence-electron chi connectivity index (χ2n) is 11.0. The Morgan fingerprint density at radius 2 is 1.73 bits per heavy atom. The van der Waals surface area contributed by atoms with Gasteiger partial charge in [0.2, 0.25) is 0 Å². The van der Waals surface area contributed by atoms with Crippen LogP contribution in [0.15, 0.2) is 63.9 Å². The maximum Gasteiger partial charge on any atom is 0.168 e. The number of hydrogen-bond acceptors (Lipinski definition) is 3. The molecule has 1 fully saturated rings. The molecule has 2 aliphatic carbocycles. The second kappa shape index (κ2) is 9.54. The van der Waals surface area contributed by atoms with E-state index in [0.717, 1.165) is 28.5 Å². The summed E-state index contributed by atoms with van der Waals surface area (Å²) in [5.41, 5.74) is 1.62. The quantitative estimate of drug-likeness (QED) is 0.391. The van der Waals surface area contributed by atoms with Crippen LogP contribution < -0.4 is 0 Å². The summed E-state index contributed by atoms with van der Waals surface area (Å²) in [4.78, 5) is 13.9. The molecule has 4 heteroatoms. The number of halogens is 1. The Balaban J connectivity index is 2.25. The number of aliphatic hydroxyl groups is 1. The standard InChI is InChI=1S/C29H39BrO3/c1-19(2)8-11-22-18-28(17-21-9-12-23(30)13-10-21)25(33-7)16-24(31)29(26(28)32,27(22,5)6)15-14-20(3)4/h8-10,12-14,16,22,26,32H,11,15,17-18H2,1-7H3/t22-,26+,28+,29-/m1/s1. The molecule has 3 nitrogen and oxygen atoms in total. The van der Waals surface area contributed by atoms with E-state index in [2.05, 4.69) is 81.8 Å². The van der Waals surface area contributed by atoms with E-state index in [-0.39, 0.29) is 17.1 Å². The van der Waals surface area contributed by atoms with Gasteiger partial charge in [-0.25, -0.2) is 0 Å². The van der Waals surface area contributed by atoms with Crippen molar-refractivity contribution >= 4 is 21.7 Å². The van der Waals surface area contributed by atoms with Gasteiger partial charge in [-0.3, -0.25) is 4.79 Å². The summed E-state index contributed by atoms with van der Waals surface area (Å²) in [6, 6.07) is 8.26. The van der Waals surface area contributed by atoms with Crippen LogP contribution in [0.25, 0.3) is 0 Å². The third kappa shape index (κ3) is 4.41. The summed E-state index contributed by atoms with van der Waals surface area (Å²) in [5, 5.41) is 12.2. The molecule has 0 aromatic heterocycles. The molecule has 0 radical (unpaired) electrons. The Labute approximate surface area is 208 Å². The monoisotopic (exact) mass is 514 g/mol. The van der Waals surface area contributed by atoms with Crippen LogP contribution in [0.2, 0.25) is 0 Å². The topological polar surface area (TPSA) is 46.5 Å². The minimum Gasteiger partial charge on any atom is -0.500 e. The van der Waals surface area contributed by atoms with E-state index in [1.54, 1.807) is 13.2 Å². The van der Waals surface area contributed by atoms with E-state index >= 15 is 0 Å². The van der Waals surface area contributed by atoms with E-state index in [1.807, 2.05) is 12.1 Å². The second-order valence-corrected chi connectivity index (χ2v) is 12.0. The SMILES string of the molecule is COC1=CC(=O)[C@]2(CC=C(C)C)[C@@H](O)[C@@]1(Cc1ccc(Br)cc1)C[C@@H](CC=C(C)C)C2(C)C. The number of benzene rings is 1. The van der Waals surface area contributed by atoms with Crippen molar-refractivity contribution in [2.45, 2.75) is 73.3 Å². The number of methoxy groups -OCH3 is 1. The average molecular weight is 516 g/mol. The average Bonchev–Trinajstić information content (AvgIpc) is 2.73. The van der Waals surface area contributed by atoms with E-state index in [4.69, 9.17) is 4.74 Å². The molecule has 0 unspecified atom stereocenters. The molecule has 1 saturated carbocycles. The molecule has 2 bridgehead atoms. The predicted octanol–water partition coefficient (Wildman–Crippen LogP) is 7.20. The number of fused-ring (bicyclic) bond motifs is 2. The van der Waals surface area contributed by atoms with Gasteiger partial charge >= 0.3 is 0 Å². The van der Waals surface area contributed by atoms with Crippen molar-refractivity contribution in [2.24, 2.45) is 22.2 Å².